The summed E-state index contributed by atoms with van der Waals surface area (Å²) in [5.41, 5.74) is 5.32. The number of nitrogens with zero attached hydrogens (tertiary/aromatic N) is 3. The number of nitrogens with one attached hydrogen (secondary N) is 1. The van der Waals surface area contributed by atoms with Gasteiger partial charge in [0.05, 0.1) is 0 Å². The van der Waals surface area contributed by atoms with Gasteiger partial charge < -0.3 is 15.5 Å². The Morgan fingerprint density at radius 1 is 1.27 bits per heavy atom. The fourth-order valence-electron chi connectivity index (χ4n) is 3.06. The molecule has 1 unspecified atom stereocenters. The highest BCUT2D eigenvalue weighted by molar-refractivity contribution is 5.79. The molecule has 7 heteroatoms. The van der Waals surface area contributed by atoms with Crippen molar-refractivity contribution in [3.63, 3.8) is 0 Å². The highest BCUT2D eigenvalue weighted by atomic mass is 16.2. The van der Waals surface area contributed by atoms with Gasteiger partial charge in [0.1, 0.15) is 5.82 Å². The summed E-state index contributed by atoms with van der Waals surface area (Å²) >= 11 is 0. The Labute approximate surface area is 128 Å². The minimum absolute atomic E-state index is 0.120. The molecule has 1 aromatic heterocycles. The number of carbonyl (C=O) groups excluding carboxylic acids is 1. The third kappa shape index (κ3) is 3.13. The molecular weight excluding hydrogens is 282 g/mol. The van der Waals surface area contributed by atoms with Gasteiger partial charge in [0.25, 0.3) is 5.56 Å². The molecule has 1 aromatic rings. The molecule has 1 atom stereocenters. The third-order valence-electron chi connectivity index (χ3n) is 4.28. The topological polar surface area (TPSA) is 95.3 Å². The number of nitrogen functional groups attached to an aromatic ring is 1. The summed E-state index contributed by atoms with van der Waals surface area (Å²) in [6, 6.07) is 1.44. The first-order valence-corrected chi connectivity index (χ1v) is 7.69. The van der Waals surface area contributed by atoms with Gasteiger partial charge in [0, 0.05) is 38.2 Å². The van der Waals surface area contributed by atoms with Crippen molar-refractivity contribution in [1.29, 1.82) is 0 Å². The molecular formula is C15H21N5O2. The van der Waals surface area contributed by atoms with E-state index in [1.54, 1.807) is 0 Å². The fourth-order valence-corrected chi connectivity index (χ4v) is 3.06. The Hall–Kier alpha value is -2.31. The van der Waals surface area contributed by atoms with Crippen LogP contribution in [0.15, 0.2) is 23.0 Å². The summed E-state index contributed by atoms with van der Waals surface area (Å²) in [5.74, 6) is 1.08. The highest BCUT2D eigenvalue weighted by Crippen LogP contribution is 2.22. The smallest absolute Gasteiger partial charge is 0.254 e. The van der Waals surface area contributed by atoms with Gasteiger partial charge in [-0.15, -0.1) is 0 Å². The van der Waals surface area contributed by atoms with E-state index in [4.69, 9.17) is 5.73 Å². The van der Waals surface area contributed by atoms with Gasteiger partial charge in [0.2, 0.25) is 11.9 Å². The van der Waals surface area contributed by atoms with Crippen LogP contribution in [0.25, 0.3) is 0 Å². The first-order chi connectivity index (χ1) is 10.6. The number of aromatic amines is 1. The SMILES string of the molecule is Nc1nc(N2CCN(C(=O)C3CC=CCC3)CC2)cc(=O)[nH]1. The zero-order valence-electron chi connectivity index (χ0n) is 12.5. The lowest BCUT2D eigenvalue weighted by Crippen LogP contribution is -2.51. The van der Waals surface area contributed by atoms with Crippen molar-refractivity contribution in [2.45, 2.75) is 19.3 Å². The maximum absolute atomic E-state index is 12.5. The van der Waals surface area contributed by atoms with Gasteiger partial charge in [-0.3, -0.25) is 14.6 Å². The van der Waals surface area contributed by atoms with Crippen molar-refractivity contribution in [1.82, 2.24) is 14.9 Å². The second kappa shape index (κ2) is 6.21. The number of nitrogens with two attached hydrogens (primary N) is 1. The first-order valence-electron chi connectivity index (χ1n) is 7.69. The second-order valence-electron chi connectivity index (χ2n) is 5.78. The van der Waals surface area contributed by atoms with E-state index in [9.17, 15) is 9.59 Å². The van der Waals surface area contributed by atoms with Crippen LogP contribution in [0.2, 0.25) is 0 Å². The Bertz CT molecular complexity index is 631. The van der Waals surface area contributed by atoms with Crippen LogP contribution in [-0.2, 0) is 4.79 Å². The maximum Gasteiger partial charge on any atom is 0.254 e. The summed E-state index contributed by atoms with van der Waals surface area (Å²) in [6.07, 6.45) is 7.04. The molecule has 1 saturated heterocycles. The molecule has 0 saturated carbocycles. The van der Waals surface area contributed by atoms with Crippen LogP contribution < -0.4 is 16.2 Å². The van der Waals surface area contributed by atoms with Crippen LogP contribution >= 0.6 is 0 Å². The molecule has 1 amide bonds. The molecule has 1 aliphatic heterocycles. The van der Waals surface area contributed by atoms with Gasteiger partial charge in [-0.2, -0.15) is 4.98 Å². The fraction of sp³-hybridized carbons (Fsp3) is 0.533. The summed E-state index contributed by atoms with van der Waals surface area (Å²) in [6.45, 7) is 2.66. The van der Waals surface area contributed by atoms with Gasteiger partial charge in [-0.05, 0) is 19.3 Å². The lowest BCUT2D eigenvalue weighted by Gasteiger charge is -2.37. The number of carbonyl (C=O) groups is 1. The number of hydrogen-bond donors (Lipinski definition) is 2. The molecule has 0 spiro atoms. The summed E-state index contributed by atoms with van der Waals surface area (Å²) in [5, 5.41) is 0. The number of aromatic nitrogens is 2. The van der Waals surface area contributed by atoms with Crippen molar-refractivity contribution in [3.05, 3.63) is 28.6 Å². The molecule has 0 bridgehead atoms. The van der Waals surface area contributed by atoms with Gasteiger partial charge in [-0.25, -0.2) is 0 Å². The third-order valence-corrected chi connectivity index (χ3v) is 4.28. The Morgan fingerprint density at radius 2 is 2.05 bits per heavy atom. The number of piperazine rings is 1. The van der Waals surface area contributed by atoms with Gasteiger partial charge in [-0.1, -0.05) is 12.2 Å². The molecule has 2 aliphatic rings. The van der Waals surface area contributed by atoms with E-state index in [2.05, 4.69) is 22.1 Å². The van der Waals surface area contributed by atoms with Crippen molar-refractivity contribution in [2.24, 2.45) is 5.92 Å². The molecule has 1 fully saturated rings. The first kappa shape index (κ1) is 14.6. The number of hydrogen-bond acceptors (Lipinski definition) is 5. The average Bonchev–Trinajstić information content (AvgIpc) is 2.54. The standard InChI is InChI=1S/C15H21N5O2/c16-15-17-12(10-13(21)18-15)19-6-8-20(9-7-19)14(22)11-4-2-1-3-5-11/h1-2,10-11H,3-9H2,(H3,16,17,18,21). The van der Waals surface area contributed by atoms with Crippen LogP contribution in [0.1, 0.15) is 19.3 Å². The predicted molar refractivity (Wildman–Crippen MR) is 84.5 cm³/mol. The second-order valence-corrected chi connectivity index (χ2v) is 5.78. The highest BCUT2D eigenvalue weighted by Gasteiger charge is 2.27. The molecule has 118 valence electrons. The molecule has 0 radical (unpaired) electrons. The van der Waals surface area contributed by atoms with Crippen LogP contribution in [0.4, 0.5) is 11.8 Å². The number of amides is 1. The summed E-state index contributed by atoms with van der Waals surface area (Å²) < 4.78 is 0. The monoisotopic (exact) mass is 303 g/mol. The van der Waals surface area contributed by atoms with Crippen LogP contribution in [0, 0.1) is 5.92 Å². The average molecular weight is 303 g/mol. The summed E-state index contributed by atoms with van der Waals surface area (Å²) in [4.78, 5) is 34.5. The Morgan fingerprint density at radius 3 is 2.68 bits per heavy atom. The largest absolute Gasteiger partial charge is 0.369 e. The zero-order valence-corrected chi connectivity index (χ0v) is 12.5. The van der Waals surface area contributed by atoms with Crippen LogP contribution in [0.5, 0.6) is 0 Å². The normalized spacial score (nSPS) is 21.9. The van der Waals surface area contributed by atoms with E-state index in [-0.39, 0.29) is 23.3 Å². The van der Waals surface area contributed by atoms with Crippen molar-refractivity contribution < 1.29 is 4.79 Å². The van der Waals surface area contributed by atoms with E-state index >= 15 is 0 Å². The number of H-pyrrole nitrogens is 1. The zero-order chi connectivity index (χ0) is 15.5. The van der Waals surface area contributed by atoms with Gasteiger partial charge >= 0.3 is 0 Å². The van der Waals surface area contributed by atoms with Crippen LogP contribution in [0.3, 0.4) is 0 Å². The maximum atomic E-state index is 12.5. The van der Waals surface area contributed by atoms with E-state index < -0.39 is 0 Å². The minimum atomic E-state index is -0.255. The number of anilines is 2. The van der Waals surface area contributed by atoms with Gasteiger partial charge in [0.15, 0.2) is 0 Å². The molecule has 1 aliphatic carbocycles. The quantitative estimate of drug-likeness (QED) is 0.769. The van der Waals surface area contributed by atoms with Crippen LogP contribution in [-0.4, -0.2) is 47.0 Å². The molecule has 3 rings (SSSR count). The van der Waals surface area contributed by atoms with E-state index in [1.807, 2.05) is 9.80 Å². The lowest BCUT2D eigenvalue weighted by atomic mass is 9.93. The van der Waals surface area contributed by atoms with Crippen molar-refractivity contribution in [2.75, 3.05) is 36.8 Å². The van der Waals surface area contributed by atoms with Crippen molar-refractivity contribution in [3.8, 4) is 0 Å². The predicted octanol–water partition coefficient (Wildman–Crippen LogP) is 0.357. The number of rotatable bonds is 2. The summed E-state index contributed by atoms with van der Waals surface area (Å²) in [7, 11) is 0. The van der Waals surface area contributed by atoms with E-state index in [0.717, 1.165) is 19.3 Å². The Kier molecular flexibility index (Phi) is 4.13. The Balaban J connectivity index is 1.61. The van der Waals surface area contributed by atoms with E-state index in [0.29, 0.717) is 32.0 Å². The van der Waals surface area contributed by atoms with Crippen molar-refractivity contribution >= 4 is 17.7 Å². The molecule has 22 heavy (non-hydrogen) atoms. The molecule has 2 heterocycles. The lowest BCUT2D eigenvalue weighted by molar-refractivity contribution is -0.136. The number of allylic oxidation sites excluding steroid dienone is 2. The molecule has 7 nitrogen and oxygen atoms in total. The minimum Gasteiger partial charge on any atom is -0.369 e. The molecule has 0 aromatic carbocycles. The van der Waals surface area contributed by atoms with E-state index in [1.165, 1.54) is 6.07 Å². The molecule has 3 N–H and O–H groups in total.